The molecule has 0 aliphatic carbocycles. The van der Waals surface area contributed by atoms with Crippen molar-refractivity contribution < 1.29 is 19.0 Å². The Morgan fingerprint density at radius 2 is 1.71 bits per heavy atom. The SMILES string of the molecule is Cc1nc(N2CCN(C)CC2)ccc1Oc1nc(-c2cc(Cl)cc(Cl)c2)cc(CN2CCC(CC(=O)O)CC2)c1F. The van der Waals surface area contributed by atoms with E-state index in [-0.39, 0.29) is 18.2 Å². The van der Waals surface area contributed by atoms with Crippen molar-refractivity contribution in [1.29, 1.82) is 0 Å². The van der Waals surface area contributed by atoms with Crippen LogP contribution in [0.2, 0.25) is 10.0 Å². The van der Waals surface area contributed by atoms with Crippen LogP contribution in [-0.2, 0) is 11.3 Å². The predicted molar refractivity (Wildman–Crippen MR) is 159 cm³/mol. The first-order valence-corrected chi connectivity index (χ1v) is 14.6. The molecule has 3 aromatic rings. The van der Waals surface area contributed by atoms with Gasteiger partial charge >= 0.3 is 5.97 Å². The standard InChI is InChI=1S/C30H34Cl2FN5O3/c1-19-26(3-4-27(34-19)38-11-9-36(2)10-12-38)41-30-29(33)22(18-37-7-5-20(6-8-37)13-28(39)40)16-25(35-30)21-14-23(31)17-24(32)15-21/h3-4,14-17,20H,5-13,18H2,1-2H3,(H,39,40). The smallest absolute Gasteiger partial charge is 0.303 e. The lowest BCUT2D eigenvalue weighted by Crippen LogP contribution is -2.44. The minimum absolute atomic E-state index is 0.137. The number of carbonyl (C=O) groups is 1. The van der Waals surface area contributed by atoms with Crippen LogP contribution in [0.5, 0.6) is 11.6 Å². The maximum Gasteiger partial charge on any atom is 0.303 e. The van der Waals surface area contributed by atoms with E-state index in [0.29, 0.717) is 57.9 Å². The van der Waals surface area contributed by atoms with Crippen LogP contribution in [0.15, 0.2) is 36.4 Å². The molecule has 0 saturated carbocycles. The molecule has 2 fully saturated rings. The van der Waals surface area contributed by atoms with E-state index in [0.717, 1.165) is 44.8 Å². The highest BCUT2D eigenvalue weighted by atomic mass is 35.5. The Balaban J connectivity index is 1.42. The highest BCUT2D eigenvalue weighted by molar-refractivity contribution is 6.35. The molecule has 5 rings (SSSR count). The average molecular weight is 603 g/mol. The van der Waals surface area contributed by atoms with E-state index in [1.807, 2.05) is 19.1 Å². The van der Waals surface area contributed by atoms with Crippen molar-refractivity contribution in [2.45, 2.75) is 32.7 Å². The van der Waals surface area contributed by atoms with Gasteiger partial charge in [-0.1, -0.05) is 23.2 Å². The first-order valence-electron chi connectivity index (χ1n) is 13.8. The molecule has 2 aromatic heterocycles. The van der Waals surface area contributed by atoms with Crippen LogP contribution in [0.4, 0.5) is 10.2 Å². The van der Waals surface area contributed by atoms with Crippen LogP contribution in [0.25, 0.3) is 11.3 Å². The van der Waals surface area contributed by atoms with Gasteiger partial charge in [0.15, 0.2) is 11.6 Å². The fraction of sp³-hybridized carbons (Fsp3) is 0.433. The van der Waals surface area contributed by atoms with Gasteiger partial charge < -0.3 is 19.6 Å². The molecule has 2 saturated heterocycles. The second kappa shape index (κ2) is 12.9. The average Bonchev–Trinajstić information content (AvgIpc) is 2.92. The van der Waals surface area contributed by atoms with E-state index in [9.17, 15) is 4.79 Å². The molecule has 1 aromatic carbocycles. The van der Waals surface area contributed by atoms with Crippen molar-refractivity contribution in [2.24, 2.45) is 5.92 Å². The molecule has 2 aliphatic rings. The number of pyridine rings is 2. The van der Waals surface area contributed by atoms with Gasteiger partial charge in [-0.2, -0.15) is 0 Å². The molecule has 2 aliphatic heterocycles. The Kier molecular flexibility index (Phi) is 9.28. The van der Waals surface area contributed by atoms with Gasteiger partial charge in [0, 0.05) is 60.3 Å². The fourth-order valence-corrected chi connectivity index (χ4v) is 5.91. The first-order chi connectivity index (χ1) is 19.6. The molecule has 0 atom stereocenters. The number of benzene rings is 1. The molecular formula is C30H34Cl2FN5O3. The van der Waals surface area contributed by atoms with Crippen molar-refractivity contribution in [3.8, 4) is 22.9 Å². The number of piperidine rings is 1. The third-order valence-electron chi connectivity index (χ3n) is 7.78. The number of hydrogen-bond donors (Lipinski definition) is 1. The summed E-state index contributed by atoms with van der Waals surface area (Å²) in [4.78, 5) is 27.0. The number of aliphatic carboxylic acids is 1. The van der Waals surface area contributed by atoms with Gasteiger partial charge in [0.25, 0.3) is 5.88 Å². The second-order valence-corrected chi connectivity index (χ2v) is 11.8. The summed E-state index contributed by atoms with van der Waals surface area (Å²) in [5.41, 5.74) is 2.20. The van der Waals surface area contributed by atoms with Crippen molar-refractivity contribution in [3.63, 3.8) is 0 Å². The lowest BCUT2D eigenvalue weighted by Gasteiger charge is -2.33. The summed E-state index contributed by atoms with van der Waals surface area (Å²) in [6, 6.07) is 10.5. The number of aryl methyl sites for hydroxylation is 1. The Bertz CT molecular complexity index is 1390. The summed E-state index contributed by atoms with van der Waals surface area (Å²) in [7, 11) is 2.11. The molecule has 0 radical (unpaired) electrons. The van der Waals surface area contributed by atoms with E-state index in [4.69, 9.17) is 38.0 Å². The molecular weight excluding hydrogens is 568 g/mol. The van der Waals surface area contributed by atoms with Gasteiger partial charge in [-0.15, -0.1) is 0 Å². The summed E-state index contributed by atoms with van der Waals surface area (Å²) in [6.07, 6.45) is 1.67. The van der Waals surface area contributed by atoms with Gasteiger partial charge in [0.2, 0.25) is 0 Å². The quantitative estimate of drug-likeness (QED) is 0.330. The highest BCUT2D eigenvalue weighted by Crippen LogP contribution is 2.34. The lowest BCUT2D eigenvalue weighted by molar-refractivity contribution is -0.138. The maximum atomic E-state index is 16.0. The molecule has 0 amide bonds. The van der Waals surface area contributed by atoms with E-state index >= 15 is 4.39 Å². The van der Waals surface area contributed by atoms with Crippen LogP contribution in [-0.4, -0.2) is 77.2 Å². The van der Waals surface area contributed by atoms with Crippen LogP contribution < -0.4 is 9.64 Å². The lowest BCUT2D eigenvalue weighted by atomic mass is 9.93. The zero-order valence-corrected chi connectivity index (χ0v) is 24.8. The summed E-state index contributed by atoms with van der Waals surface area (Å²) in [5, 5.41) is 10.0. The predicted octanol–water partition coefficient (Wildman–Crippen LogP) is 6.13. The number of carboxylic acid groups (broad SMARTS) is 1. The van der Waals surface area contributed by atoms with Crippen molar-refractivity contribution in [1.82, 2.24) is 19.8 Å². The number of nitrogens with zero attached hydrogens (tertiary/aromatic N) is 5. The number of likely N-dealkylation sites (N-methyl/N-ethyl adjacent to an activating group) is 1. The van der Waals surface area contributed by atoms with Gasteiger partial charge in [-0.3, -0.25) is 9.69 Å². The Hall–Kier alpha value is -2.98. The van der Waals surface area contributed by atoms with Crippen molar-refractivity contribution in [2.75, 3.05) is 51.2 Å². The number of likely N-dealkylation sites (tertiary alicyclic amines) is 1. The number of hydrogen-bond acceptors (Lipinski definition) is 7. The Morgan fingerprint density at radius 3 is 2.34 bits per heavy atom. The number of halogens is 3. The molecule has 0 bridgehead atoms. The zero-order chi connectivity index (χ0) is 29.1. The zero-order valence-electron chi connectivity index (χ0n) is 23.2. The van der Waals surface area contributed by atoms with Crippen LogP contribution in [0.1, 0.15) is 30.5 Å². The van der Waals surface area contributed by atoms with Gasteiger partial charge in [0.1, 0.15) is 5.82 Å². The third-order valence-corrected chi connectivity index (χ3v) is 8.22. The number of anilines is 1. The highest BCUT2D eigenvalue weighted by Gasteiger charge is 2.25. The number of carboxylic acids is 1. The van der Waals surface area contributed by atoms with Gasteiger partial charge in [0.05, 0.1) is 11.4 Å². The summed E-state index contributed by atoms with van der Waals surface area (Å²) < 4.78 is 22.1. The molecule has 0 unspecified atom stereocenters. The first kappa shape index (κ1) is 29.5. The van der Waals surface area contributed by atoms with Crippen molar-refractivity contribution in [3.05, 3.63) is 63.5 Å². The van der Waals surface area contributed by atoms with Crippen LogP contribution in [0, 0.1) is 18.7 Å². The Labute approximate surface area is 249 Å². The summed E-state index contributed by atoms with van der Waals surface area (Å²) in [6.45, 7) is 7.26. The molecule has 4 heterocycles. The topological polar surface area (TPSA) is 82.0 Å². The molecule has 218 valence electrons. The third kappa shape index (κ3) is 7.46. The van der Waals surface area contributed by atoms with Crippen molar-refractivity contribution >= 4 is 35.0 Å². The van der Waals surface area contributed by atoms with E-state index < -0.39 is 11.8 Å². The summed E-state index contributed by atoms with van der Waals surface area (Å²) in [5.74, 6) is -0.0413. The monoisotopic (exact) mass is 601 g/mol. The van der Waals surface area contributed by atoms with Crippen LogP contribution >= 0.6 is 23.2 Å². The molecule has 1 N–H and O–H groups in total. The van der Waals surface area contributed by atoms with E-state index in [2.05, 4.69) is 26.7 Å². The number of rotatable bonds is 8. The van der Waals surface area contributed by atoms with Gasteiger partial charge in [-0.25, -0.2) is 14.4 Å². The molecule has 8 nitrogen and oxygen atoms in total. The number of aromatic nitrogens is 2. The molecule has 0 spiro atoms. The normalized spacial score (nSPS) is 17.1. The van der Waals surface area contributed by atoms with E-state index in [1.165, 1.54) is 0 Å². The molecule has 11 heteroatoms. The largest absolute Gasteiger partial charge is 0.481 e. The fourth-order valence-electron chi connectivity index (χ4n) is 5.38. The number of ether oxygens (including phenoxy) is 1. The summed E-state index contributed by atoms with van der Waals surface area (Å²) >= 11 is 12.5. The maximum absolute atomic E-state index is 16.0. The Morgan fingerprint density at radius 1 is 1.02 bits per heavy atom. The number of piperazine rings is 1. The molecule has 41 heavy (non-hydrogen) atoms. The van der Waals surface area contributed by atoms with Crippen LogP contribution in [0.3, 0.4) is 0 Å². The minimum Gasteiger partial charge on any atom is -0.481 e. The van der Waals surface area contributed by atoms with Gasteiger partial charge in [-0.05, 0) is 82.2 Å². The second-order valence-electron chi connectivity index (χ2n) is 10.9. The van der Waals surface area contributed by atoms with E-state index in [1.54, 1.807) is 24.3 Å². The minimum atomic E-state index is -0.781.